The molecule has 0 atom stereocenters. The highest BCUT2D eigenvalue weighted by atomic mass is 19.1. The molecule has 156 valence electrons. The highest BCUT2D eigenvalue weighted by Gasteiger charge is 2.22. The van der Waals surface area contributed by atoms with E-state index >= 15 is 0 Å². The topological polar surface area (TPSA) is 78.7 Å². The second-order valence-electron chi connectivity index (χ2n) is 7.30. The lowest BCUT2D eigenvalue weighted by molar-refractivity contribution is 0.447. The number of benzene rings is 2. The Labute approximate surface area is 174 Å². The van der Waals surface area contributed by atoms with Crippen LogP contribution >= 0.6 is 0 Å². The SMILES string of the molecule is CCc1noc2c(-c3nc4cnn(-c5ccc(F)cc5F)c4n(C)c3=O)c(C)ccc12. The van der Waals surface area contributed by atoms with Gasteiger partial charge in [0.25, 0.3) is 5.56 Å². The van der Waals surface area contributed by atoms with Crippen molar-refractivity contribution in [2.75, 3.05) is 0 Å². The minimum atomic E-state index is -0.795. The summed E-state index contributed by atoms with van der Waals surface area (Å²) in [6.07, 6.45) is 2.13. The Hall–Kier alpha value is -3.88. The van der Waals surface area contributed by atoms with Gasteiger partial charge in [-0.2, -0.15) is 5.10 Å². The monoisotopic (exact) mass is 421 g/mol. The minimum absolute atomic E-state index is 0.0158. The first kappa shape index (κ1) is 19.1. The molecule has 0 N–H and O–H groups in total. The molecule has 0 aliphatic carbocycles. The Balaban J connectivity index is 1.80. The molecule has 7 nitrogen and oxygen atoms in total. The maximum absolute atomic E-state index is 14.4. The molecule has 0 fully saturated rings. The molecule has 9 heteroatoms. The van der Waals surface area contributed by atoms with Gasteiger partial charge in [-0.1, -0.05) is 18.1 Å². The van der Waals surface area contributed by atoms with E-state index in [1.54, 1.807) is 7.05 Å². The number of rotatable bonds is 3. The van der Waals surface area contributed by atoms with Crippen molar-refractivity contribution in [2.24, 2.45) is 7.05 Å². The van der Waals surface area contributed by atoms with E-state index in [0.717, 1.165) is 28.8 Å². The average molecular weight is 421 g/mol. The maximum atomic E-state index is 14.4. The molecule has 0 aliphatic heterocycles. The molecule has 0 spiro atoms. The summed E-state index contributed by atoms with van der Waals surface area (Å²) in [7, 11) is 1.56. The molecule has 5 rings (SSSR count). The standard InChI is InChI=1S/C22H17F2N5O2/c1-4-15-13-7-5-11(2)18(20(13)31-27-15)19-22(30)28(3)21-16(26-19)10-25-29(21)17-8-6-12(23)9-14(17)24/h5-10H,4H2,1-3H3. The third kappa shape index (κ3) is 2.77. The van der Waals surface area contributed by atoms with Crippen molar-refractivity contribution in [3.63, 3.8) is 0 Å². The second kappa shape index (κ2) is 6.83. The highest BCUT2D eigenvalue weighted by molar-refractivity contribution is 5.95. The van der Waals surface area contributed by atoms with E-state index in [0.29, 0.717) is 23.1 Å². The lowest BCUT2D eigenvalue weighted by Crippen LogP contribution is -2.22. The normalized spacial score (nSPS) is 11.6. The van der Waals surface area contributed by atoms with Crippen LogP contribution in [0, 0.1) is 18.6 Å². The van der Waals surface area contributed by atoms with Crippen LogP contribution in [0.2, 0.25) is 0 Å². The first-order valence-electron chi connectivity index (χ1n) is 9.69. The number of hydrogen-bond acceptors (Lipinski definition) is 5. The molecule has 0 unspecified atom stereocenters. The van der Waals surface area contributed by atoms with Gasteiger partial charge in [0.1, 0.15) is 22.7 Å². The average Bonchev–Trinajstić information content (AvgIpc) is 3.35. The summed E-state index contributed by atoms with van der Waals surface area (Å²) < 4.78 is 35.8. The smallest absolute Gasteiger partial charge is 0.278 e. The predicted molar refractivity (Wildman–Crippen MR) is 111 cm³/mol. The van der Waals surface area contributed by atoms with Crippen molar-refractivity contribution < 1.29 is 13.3 Å². The van der Waals surface area contributed by atoms with E-state index < -0.39 is 17.2 Å². The minimum Gasteiger partial charge on any atom is -0.355 e. The van der Waals surface area contributed by atoms with Crippen molar-refractivity contribution in [1.29, 1.82) is 0 Å². The Morgan fingerprint density at radius 3 is 2.71 bits per heavy atom. The van der Waals surface area contributed by atoms with Gasteiger partial charge in [-0.3, -0.25) is 9.36 Å². The largest absolute Gasteiger partial charge is 0.355 e. The molecule has 0 saturated heterocycles. The second-order valence-corrected chi connectivity index (χ2v) is 7.30. The van der Waals surface area contributed by atoms with Crippen LogP contribution in [0.3, 0.4) is 0 Å². The molecule has 2 aromatic carbocycles. The zero-order valence-electron chi connectivity index (χ0n) is 17.0. The van der Waals surface area contributed by atoms with Gasteiger partial charge < -0.3 is 4.52 Å². The highest BCUT2D eigenvalue weighted by Crippen LogP contribution is 2.32. The van der Waals surface area contributed by atoms with Crippen LogP contribution in [0.15, 0.2) is 45.8 Å². The summed E-state index contributed by atoms with van der Waals surface area (Å²) >= 11 is 0. The van der Waals surface area contributed by atoms with Crippen LogP contribution in [0.5, 0.6) is 0 Å². The summed E-state index contributed by atoms with van der Waals surface area (Å²) in [5, 5.41) is 9.14. The van der Waals surface area contributed by atoms with E-state index in [1.807, 2.05) is 26.0 Å². The molecule has 3 aromatic heterocycles. The lowest BCUT2D eigenvalue weighted by Gasteiger charge is -2.11. The number of nitrogens with zero attached hydrogens (tertiary/aromatic N) is 5. The molecule has 0 amide bonds. The third-order valence-corrected chi connectivity index (χ3v) is 5.42. The van der Waals surface area contributed by atoms with Crippen LogP contribution in [0.4, 0.5) is 8.78 Å². The van der Waals surface area contributed by atoms with Crippen molar-refractivity contribution in [1.82, 2.24) is 24.5 Å². The van der Waals surface area contributed by atoms with Gasteiger partial charge in [0.2, 0.25) is 0 Å². The van der Waals surface area contributed by atoms with Crippen LogP contribution < -0.4 is 5.56 Å². The summed E-state index contributed by atoms with van der Waals surface area (Å²) in [5.41, 5.74) is 3.15. The summed E-state index contributed by atoms with van der Waals surface area (Å²) in [4.78, 5) is 17.9. The number of aryl methyl sites for hydroxylation is 3. The summed E-state index contributed by atoms with van der Waals surface area (Å²) in [6.45, 7) is 3.84. The van der Waals surface area contributed by atoms with Gasteiger partial charge in [-0.15, -0.1) is 0 Å². The molecule has 0 bridgehead atoms. The number of hydrogen-bond donors (Lipinski definition) is 0. The van der Waals surface area contributed by atoms with Crippen molar-refractivity contribution in [3.05, 3.63) is 69.8 Å². The van der Waals surface area contributed by atoms with Crippen molar-refractivity contribution in [2.45, 2.75) is 20.3 Å². The van der Waals surface area contributed by atoms with Crippen LogP contribution in [-0.2, 0) is 13.5 Å². The Morgan fingerprint density at radius 2 is 1.97 bits per heavy atom. The van der Waals surface area contributed by atoms with E-state index in [9.17, 15) is 13.6 Å². The molecule has 0 saturated carbocycles. The fourth-order valence-electron chi connectivity index (χ4n) is 3.84. The van der Waals surface area contributed by atoms with Gasteiger partial charge in [-0.05, 0) is 37.1 Å². The van der Waals surface area contributed by atoms with Crippen molar-refractivity contribution in [3.8, 4) is 16.9 Å². The van der Waals surface area contributed by atoms with Gasteiger partial charge >= 0.3 is 0 Å². The number of fused-ring (bicyclic) bond motifs is 2. The van der Waals surface area contributed by atoms with Crippen LogP contribution in [0.1, 0.15) is 18.2 Å². The number of aromatic nitrogens is 5. The quantitative estimate of drug-likeness (QED) is 0.439. The fourth-order valence-corrected chi connectivity index (χ4v) is 3.84. The maximum Gasteiger partial charge on any atom is 0.278 e. The molecule has 0 radical (unpaired) electrons. The first-order valence-corrected chi connectivity index (χ1v) is 9.69. The zero-order chi connectivity index (χ0) is 21.9. The van der Waals surface area contributed by atoms with E-state index in [1.165, 1.54) is 21.5 Å². The molecule has 0 aliphatic rings. The Bertz CT molecular complexity index is 1550. The van der Waals surface area contributed by atoms with Gasteiger partial charge in [-0.25, -0.2) is 18.4 Å². The van der Waals surface area contributed by atoms with Crippen LogP contribution in [-0.4, -0.2) is 24.5 Å². The molecule has 31 heavy (non-hydrogen) atoms. The van der Waals surface area contributed by atoms with Gasteiger partial charge in [0, 0.05) is 18.5 Å². The molecular weight excluding hydrogens is 404 g/mol. The molecule has 5 aromatic rings. The van der Waals surface area contributed by atoms with Gasteiger partial charge in [0.05, 0.1) is 17.5 Å². The van der Waals surface area contributed by atoms with Crippen LogP contribution in [0.25, 0.3) is 39.1 Å². The molecule has 3 heterocycles. The van der Waals surface area contributed by atoms with Gasteiger partial charge in [0.15, 0.2) is 17.0 Å². The van der Waals surface area contributed by atoms with Crippen molar-refractivity contribution >= 4 is 22.1 Å². The zero-order valence-corrected chi connectivity index (χ0v) is 17.0. The van der Waals surface area contributed by atoms with E-state index in [-0.39, 0.29) is 17.0 Å². The third-order valence-electron chi connectivity index (χ3n) is 5.42. The summed E-state index contributed by atoms with van der Waals surface area (Å²) in [5.74, 6) is -1.50. The summed E-state index contributed by atoms with van der Waals surface area (Å²) in [6, 6.07) is 6.98. The lowest BCUT2D eigenvalue weighted by atomic mass is 10.0. The first-order chi connectivity index (χ1) is 14.9. The predicted octanol–water partition coefficient (Wildman–Crippen LogP) is 4.08. The number of halogens is 2. The van der Waals surface area contributed by atoms with E-state index in [2.05, 4.69) is 15.2 Å². The Morgan fingerprint density at radius 1 is 1.16 bits per heavy atom. The van der Waals surface area contributed by atoms with E-state index in [4.69, 9.17) is 4.52 Å². The molecular formula is C22H17F2N5O2. The Kier molecular flexibility index (Phi) is 4.21. The fraction of sp³-hybridized carbons (Fsp3) is 0.182.